The maximum Gasteiger partial charge on any atom is 0.410 e. The summed E-state index contributed by atoms with van der Waals surface area (Å²) in [5.74, 6) is 0.372. The van der Waals surface area contributed by atoms with Gasteiger partial charge in [-0.3, -0.25) is 0 Å². The lowest BCUT2D eigenvalue weighted by Gasteiger charge is -2.41. The molecule has 0 aliphatic carbocycles. The van der Waals surface area contributed by atoms with Crippen LogP contribution in [0, 0.1) is 5.92 Å². The number of likely N-dealkylation sites (tertiary alicyclic amines) is 2. The van der Waals surface area contributed by atoms with E-state index in [0.29, 0.717) is 51.4 Å². The number of rotatable bonds is 4. The highest BCUT2D eigenvalue weighted by molar-refractivity contribution is 5.68. The first kappa shape index (κ1) is 23.4. The maximum absolute atomic E-state index is 12.3. The van der Waals surface area contributed by atoms with Gasteiger partial charge in [0.15, 0.2) is 0 Å². The average Bonchev–Trinajstić information content (AvgIpc) is 2.72. The fourth-order valence-electron chi connectivity index (χ4n) is 4.30. The Balaban J connectivity index is 1.38. The molecule has 7 heteroatoms. The Kier molecular flexibility index (Phi) is 7.46. The molecule has 1 aromatic rings. The second kappa shape index (κ2) is 9.90. The number of aliphatic hydroxyl groups is 1. The van der Waals surface area contributed by atoms with Gasteiger partial charge in [-0.25, -0.2) is 9.59 Å². The van der Waals surface area contributed by atoms with Crippen LogP contribution in [0.1, 0.15) is 58.4 Å². The third-order valence-corrected chi connectivity index (χ3v) is 6.09. The van der Waals surface area contributed by atoms with Crippen LogP contribution in [0.4, 0.5) is 9.59 Å². The molecule has 0 bridgehead atoms. The SMILES string of the molecule is CC(C)(C)OC(=O)N1CCC(O)(CC2CCN(C(=O)OCc3ccccc3)CC2)CC1. The van der Waals surface area contributed by atoms with E-state index in [1.807, 2.05) is 51.1 Å². The maximum atomic E-state index is 12.3. The lowest BCUT2D eigenvalue weighted by molar-refractivity contribution is -0.0494. The Hall–Kier alpha value is -2.28. The first-order valence-corrected chi connectivity index (χ1v) is 11.3. The average molecular weight is 433 g/mol. The Morgan fingerprint density at radius 2 is 1.58 bits per heavy atom. The lowest BCUT2D eigenvalue weighted by Crippen LogP contribution is -2.49. The van der Waals surface area contributed by atoms with E-state index in [2.05, 4.69) is 0 Å². The van der Waals surface area contributed by atoms with Gasteiger partial charge < -0.3 is 24.4 Å². The third kappa shape index (κ3) is 7.13. The van der Waals surface area contributed by atoms with Crippen molar-refractivity contribution in [2.75, 3.05) is 26.2 Å². The monoisotopic (exact) mass is 432 g/mol. The molecule has 0 aromatic heterocycles. The first-order chi connectivity index (χ1) is 14.6. The molecule has 1 aromatic carbocycles. The largest absolute Gasteiger partial charge is 0.445 e. The van der Waals surface area contributed by atoms with Crippen molar-refractivity contribution >= 4 is 12.2 Å². The molecule has 2 aliphatic rings. The van der Waals surface area contributed by atoms with E-state index in [4.69, 9.17) is 9.47 Å². The molecule has 2 aliphatic heterocycles. The van der Waals surface area contributed by atoms with Gasteiger partial charge in [0.25, 0.3) is 0 Å². The molecule has 7 nitrogen and oxygen atoms in total. The lowest BCUT2D eigenvalue weighted by atomic mass is 9.79. The minimum atomic E-state index is -0.751. The predicted octanol–water partition coefficient (Wildman–Crippen LogP) is 4.19. The van der Waals surface area contributed by atoms with Crippen LogP contribution in [0.25, 0.3) is 0 Å². The molecule has 2 amide bonds. The van der Waals surface area contributed by atoms with Crippen molar-refractivity contribution in [3.8, 4) is 0 Å². The van der Waals surface area contributed by atoms with Crippen molar-refractivity contribution < 1.29 is 24.2 Å². The Labute approximate surface area is 185 Å². The van der Waals surface area contributed by atoms with Gasteiger partial charge in [-0.1, -0.05) is 30.3 Å². The summed E-state index contributed by atoms with van der Waals surface area (Å²) in [5, 5.41) is 11.1. The van der Waals surface area contributed by atoms with Crippen LogP contribution in [0.15, 0.2) is 30.3 Å². The van der Waals surface area contributed by atoms with Gasteiger partial charge in [-0.15, -0.1) is 0 Å². The third-order valence-electron chi connectivity index (χ3n) is 6.09. The van der Waals surface area contributed by atoms with Gasteiger partial charge in [-0.05, 0) is 64.4 Å². The zero-order chi connectivity index (χ0) is 22.5. The van der Waals surface area contributed by atoms with Crippen molar-refractivity contribution in [3.63, 3.8) is 0 Å². The highest BCUT2D eigenvalue weighted by Crippen LogP contribution is 2.34. The van der Waals surface area contributed by atoms with Crippen molar-refractivity contribution in [2.45, 2.75) is 70.7 Å². The standard InChI is InChI=1S/C24H36N2O5/c1-23(2,3)31-22(28)26-15-11-24(29,12-16-26)17-19-9-13-25(14-10-19)21(27)30-18-20-7-5-4-6-8-20/h4-8,19,29H,9-18H2,1-3H3. The number of amides is 2. The molecular formula is C24H36N2O5. The number of piperidine rings is 2. The van der Waals surface area contributed by atoms with Crippen LogP contribution in [-0.2, 0) is 16.1 Å². The number of ether oxygens (including phenoxy) is 2. The van der Waals surface area contributed by atoms with Gasteiger partial charge in [0.1, 0.15) is 12.2 Å². The second-order valence-corrected chi connectivity index (χ2v) is 9.87. The minimum absolute atomic E-state index is 0.272. The van der Waals surface area contributed by atoms with Crippen LogP contribution >= 0.6 is 0 Å². The molecule has 2 fully saturated rings. The molecule has 0 saturated carbocycles. The van der Waals surface area contributed by atoms with Crippen LogP contribution in [0.2, 0.25) is 0 Å². The summed E-state index contributed by atoms with van der Waals surface area (Å²) in [6.45, 7) is 8.18. The van der Waals surface area contributed by atoms with E-state index < -0.39 is 11.2 Å². The molecule has 3 rings (SSSR count). The summed E-state index contributed by atoms with van der Waals surface area (Å²) >= 11 is 0. The minimum Gasteiger partial charge on any atom is -0.445 e. The molecule has 172 valence electrons. The zero-order valence-electron chi connectivity index (χ0n) is 19.0. The molecule has 0 spiro atoms. The Morgan fingerprint density at radius 1 is 1.00 bits per heavy atom. The fourth-order valence-corrected chi connectivity index (χ4v) is 4.30. The molecule has 2 saturated heterocycles. The molecule has 2 heterocycles. The Bertz CT molecular complexity index is 730. The van der Waals surface area contributed by atoms with Crippen LogP contribution in [0.3, 0.4) is 0 Å². The fraction of sp³-hybridized carbons (Fsp3) is 0.667. The van der Waals surface area contributed by atoms with Gasteiger partial charge in [0.05, 0.1) is 5.60 Å². The zero-order valence-corrected chi connectivity index (χ0v) is 19.0. The molecule has 0 atom stereocenters. The predicted molar refractivity (Wildman–Crippen MR) is 118 cm³/mol. The van der Waals surface area contributed by atoms with E-state index >= 15 is 0 Å². The summed E-state index contributed by atoms with van der Waals surface area (Å²) in [4.78, 5) is 28.0. The smallest absolute Gasteiger partial charge is 0.410 e. The molecule has 31 heavy (non-hydrogen) atoms. The normalized spacial score (nSPS) is 19.7. The second-order valence-electron chi connectivity index (χ2n) is 9.87. The van der Waals surface area contributed by atoms with Gasteiger partial charge >= 0.3 is 12.2 Å². The van der Waals surface area contributed by atoms with E-state index in [9.17, 15) is 14.7 Å². The van der Waals surface area contributed by atoms with Gasteiger partial charge in [0, 0.05) is 26.2 Å². The summed E-state index contributed by atoms with van der Waals surface area (Å²) in [5.41, 5.74) is -0.286. The molecular weight excluding hydrogens is 396 g/mol. The van der Waals surface area contributed by atoms with E-state index in [1.165, 1.54) is 0 Å². The van der Waals surface area contributed by atoms with Crippen molar-refractivity contribution in [3.05, 3.63) is 35.9 Å². The summed E-state index contributed by atoms with van der Waals surface area (Å²) in [7, 11) is 0. The highest BCUT2D eigenvalue weighted by atomic mass is 16.6. The van der Waals surface area contributed by atoms with Crippen LogP contribution in [0.5, 0.6) is 0 Å². The number of benzene rings is 1. The topological polar surface area (TPSA) is 79.3 Å². The van der Waals surface area contributed by atoms with Crippen molar-refractivity contribution in [2.24, 2.45) is 5.92 Å². The van der Waals surface area contributed by atoms with Crippen LogP contribution in [-0.4, -0.2) is 64.5 Å². The Morgan fingerprint density at radius 3 is 2.16 bits per heavy atom. The van der Waals surface area contributed by atoms with E-state index in [0.717, 1.165) is 18.4 Å². The number of hydrogen-bond acceptors (Lipinski definition) is 5. The molecule has 0 unspecified atom stereocenters. The van der Waals surface area contributed by atoms with Gasteiger partial charge in [0.2, 0.25) is 0 Å². The molecule has 0 radical (unpaired) electrons. The summed E-state index contributed by atoms with van der Waals surface area (Å²) in [6, 6.07) is 9.67. The summed E-state index contributed by atoms with van der Waals surface area (Å²) < 4.78 is 10.9. The quantitative estimate of drug-likeness (QED) is 0.772. The number of hydrogen-bond donors (Lipinski definition) is 1. The highest BCUT2D eigenvalue weighted by Gasteiger charge is 2.38. The van der Waals surface area contributed by atoms with Gasteiger partial charge in [-0.2, -0.15) is 0 Å². The van der Waals surface area contributed by atoms with Crippen molar-refractivity contribution in [1.82, 2.24) is 9.80 Å². The van der Waals surface area contributed by atoms with Crippen LogP contribution < -0.4 is 0 Å². The number of carbonyl (C=O) groups excluding carboxylic acids is 2. The molecule has 1 N–H and O–H groups in total. The number of carbonyl (C=O) groups is 2. The number of nitrogens with zero attached hydrogens (tertiary/aromatic N) is 2. The van der Waals surface area contributed by atoms with E-state index in [1.54, 1.807) is 9.80 Å². The summed E-state index contributed by atoms with van der Waals surface area (Å²) in [6.07, 6.45) is 2.97. The first-order valence-electron chi connectivity index (χ1n) is 11.3. The van der Waals surface area contributed by atoms with E-state index in [-0.39, 0.29) is 18.8 Å². The van der Waals surface area contributed by atoms with Crippen molar-refractivity contribution in [1.29, 1.82) is 0 Å².